The second kappa shape index (κ2) is 7.59. The van der Waals surface area contributed by atoms with E-state index in [1.54, 1.807) is 21.9 Å². The zero-order valence-corrected chi connectivity index (χ0v) is 14.1. The summed E-state index contributed by atoms with van der Waals surface area (Å²) in [4.78, 5) is 28.1. The van der Waals surface area contributed by atoms with Gasteiger partial charge in [0.05, 0.1) is 18.8 Å². The molecule has 1 aliphatic heterocycles. The summed E-state index contributed by atoms with van der Waals surface area (Å²) >= 11 is 0. The second-order valence-corrected chi connectivity index (χ2v) is 6.37. The predicted octanol–water partition coefficient (Wildman–Crippen LogP) is 1.38. The van der Waals surface area contributed by atoms with Crippen molar-refractivity contribution in [1.29, 1.82) is 0 Å². The second-order valence-electron chi connectivity index (χ2n) is 6.37. The van der Waals surface area contributed by atoms with Crippen LogP contribution < -0.4 is 4.74 Å². The largest absolute Gasteiger partial charge is 0.477 e. The summed E-state index contributed by atoms with van der Waals surface area (Å²) in [6.45, 7) is 4.10. The molecule has 7 nitrogen and oxygen atoms in total. The third kappa shape index (κ3) is 3.66. The van der Waals surface area contributed by atoms with Gasteiger partial charge in [0, 0.05) is 25.2 Å². The van der Waals surface area contributed by atoms with Gasteiger partial charge in [-0.3, -0.25) is 9.59 Å². The van der Waals surface area contributed by atoms with Crippen molar-refractivity contribution in [3.8, 4) is 5.88 Å². The first kappa shape index (κ1) is 16.7. The highest BCUT2D eigenvalue weighted by Crippen LogP contribution is 2.25. The van der Waals surface area contributed by atoms with Crippen molar-refractivity contribution < 1.29 is 14.3 Å². The number of hydrogen-bond donors (Lipinski definition) is 0. The van der Waals surface area contributed by atoms with Crippen LogP contribution in [-0.4, -0.2) is 57.5 Å². The van der Waals surface area contributed by atoms with Crippen molar-refractivity contribution in [3.63, 3.8) is 0 Å². The first-order valence-corrected chi connectivity index (χ1v) is 8.74. The Morgan fingerprint density at radius 1 is 1.12 bits per heavy atom. The fourth-order valence-corrected chi connectivity index (χ4v) is 3.32. The molecule has 1 saturated heterocycles. The average Bonchev–Trinajstić information content (AvgIpc) is 3.13. The molecule has 0 N–H and O–H groups in total. The van der Waals surface area contributed by atoms with Crippen LogP contribution in [-0.2, 0) is 16.1 Å². The summed E-state index contributed by atoms with van der Waals surface area (Å²) in [5.74, 6) is -0.320. The van der Waals surface area contributed by atoms with Crippen molar-refractivity contribution in [2.75, 3.05) is 19.7 Å². The zero-order chi connectivity index (χ0) is 16.9. The molecule has 1 aromatic rings. The molecule has 0 radical (unpaired) electrons. The third-order valence-corrected chi connectivity index (χ3v) is 4.61. The Balaban J connectivity index is 1.58. The summed E-state index contributed by atoms with van der Waals surface area (Å²) in [6.07, 6.45) is 5.24. The summed E-state index contributed by atoms with van der Waals surface area (Å²) in [6, 6.07) is 3.79. The number of rotatable bonds is 6. The van der Waals surface area contributed by atoms with Crippen LogP contribution in [0.15, 0.2) is 12.1 Å². The molecule has 0 bridgehead atoms. The maximum Gasteiger partial charge on any atom is 0.312 e. The minimum Gasteiger partial charge on any atom is -0.477 e. The molecule has 0 aromatic carbocycles. The number of piperazine rings is 1. The molecule has 1 aliphatic carbocycles. The molecule has 7 heteroatoms. The van der Waals surface area contributed by atoms with Gasteiger partial charge in [0.15, 0.2) is 0 Å². The number of carbonyl (C=O) groups is 2. The van der Waals surface area contributed by atoms with Crippen LogP contribution in [0.5, 0.6) is 5.88 Å². The summed E-state index contributed by atoms with van der Waals surface area (Å²) in [7, 11) is 0. The fourth-order valence-electron chi connectivity index (χ4n) is 3.32. The number of nitrogens with zero attached hydrogens (tertiary/aromatic N) is 4. The Bertz CT molecular complexity index is 584. The fraction of sp³-hybridized carbons (Fsp3) is 0.647. The molecular formula is C17H24N4O3. The predicted molar refractivity (Wildman–Crippen MR) is 87.2 cm³/mol. The molecule has 130 valence electrons. The molecule has 1 saturated carbocycles. The van der Waals surface area contributed by atoms with Gasteiger partial charge < -0.3 is 14.5 Å². The Labute approximate surface area is 142 Å². The van der Waals surface area contributed by atoms with Crippen LogP contribution in [0.3, 0.4) is 0 Å². The minimum absolute atomic E-state index is 0.249. The van der Waals surface area contributed by atoms with E-state index in [0.29, 0.717) is 37.8 Å². The van der Waals surface area contributed by atoms with E-state index >= 15 is 0 Å². The van der Waals surface area contributed by atoms with Crippen molar-refractivity contribution in [1.82, 2.24) is 20.0 Å². The lowest BCUT2D eigenvalue weighted by Gasteiger charge is -2.36. The average molecular weight is 332 g/mol. The standard InChI is InChI=1S/C17H24N4O3/c1-2-11-24-15-8-7-13(18-19-15)12-20-9-10-21(17(23)16(20)22)14-5-3-4-6-14/h7-8,14H,2-6,9-12H2,1H3. The number of ether oxygens (including phenoxy) is 1. The lowest BCUT2D eigenvalue weighted by Crippen LogP contribution is -2.56. The molecule has 0 spiro atoms. The van der Waals surface area contributed by atoms with E-state index in [-0.39, 0.29) is 11.9 Å². The van der Waals surface area contributed by atoms with Gasteiger partial charge in [-0.05, 0) is 25.3 Å². The molecule has 2 heterocycles. The van der Waals surface area contributed by atoms with E-state index in [1.807, 2.05) is 6.92 Å². The van der Waals surface area contributed by atoms with E-state index in [9.17, 15) is 9.59 Å². The van der Waals surface area contributed by atoms with E-state index in [4.69, 9.17) is 4.74 Å². The zero-order valence-electron chi connectivity index (χ0n) is 14.1. The Morgan fingerprint density at radius 2 is 1.92 bits per heavy atom. The van der Waals surface area contributed by atoms with E-state index < -0.39 is 5.91 Å². The first-order valence-electron chi connectivity index (χ1n) is 8.74. The molecule has 2 aliphatic rings. The number of carbonyl (C=O) groups excluding carboxylic acids is 2. The van der Waals surface area contributed by atoms with Crippen LogP contribution in [0.1, 0.15) is 44.7 Å². The Morgan fingerprint density at radius 3 is 2.58 bits per heavy atom. The van der Waals surface area contributed by atoms with E-state index in [1.165, 1.54) is 0 Å². The van der Waals surface area contributed by atoms with Crippen molar-refractivity contribution in [2.24, 2.45) is 0 Å². The molecule has 3 rings (SSSR count). The van der Waals surface area contributed by atoms with Crippen LogP contribution in [0, 0.1) is 0 Å². The van der Waals surface area contributed by atoms with Crippen molar-refractivity contribution >= 4 is 11.8 Å². The highest BCUT2D eigenvalue weighted by Gasteiger charge is 2.37. The van der Waals surface area contributed by atoms with Gasteiger partial charge in [0.25, 0.3) is 0 Å². The van der Waals surface area contributed by atoms with Crippen LogP contribution in [0.25, 0.3) is 0 Å². The van der Waals surface area contributed by atoms with Crippen molar-refractivity contribution in [3.05, 3.63) is 17.8 Å². The quantitative estimate of drug-likeness (QED) is 0.736. The maximum atomic E-state index is 12.4. The van der Waals surface area contributed by atoms with Gasteiger partial charge in [-0.1, -0.05) is 19.8 Å². The minimum atomic E-state index is -0.429. The number of aromatic nitrogens is 2. The molecule has 1 aromatic heterocycles. The molecule has 0 atom stereocenters. The van der Waals surface area contributed by atoms with E-state index in [0.717, 1.165) is 32.1 Å². The van der Waals surface area contributed by atoms with Crippen LogP contribution in [0.2, 0.25) is 0 Å². The van der Waals surface area contributed by atoms with Gasteiger partial charge in [0.1, 0.15) is 0 Å². The van der Waals surface area contributed by atoms with Gasteiger partial charge in [-0.15, -0.1) is 5.10 Å². The maximum absolute atomic E-state index is 12.4. The van der Waals surface area contributed by atoms with Gasteiger partial charge >= 0.3 is 11.8 Å². The molecule has 2 amide bonds. The Hall–Kier alpha value is -2.18. The number of amides is 2. The van der Waals surface area contributed by atoms with Crippen molar-refractivity contribution in [2.45, 2.75) is 51.6 Å². The monoisotopic (exact) mass is 332 g/mol. The lowest BCUT2D eigenvalue weighted by atomic mass is 10.1. The smallest absolute Gasteiger partial charge is 0.312 e. The Kier molecular flexibility index (Phi) is 5.27. The van der Waals surface area contributed by atoms with E-state index in [2.05, 4.69) is 10.2 Å². The molecule has 24 heavy (non-hydrogen) atoms. The SMILES string of the molecule is CCCOc1ccc(CN2CCN(C3CCCC3)C(=O)C2=O)nn1. The van der Waals surface area contributed by atoms with Gasteiger partial charge in [-0.25, -0.2) is 0 Å². The number of hydrogen-bond acceptors (Lipinski definition) is 5. The first-order chi connectivity index (χ1) is 11.7. The normalized spacial score (nSPS) is 19.2. The molecule has 0 unspecified atom stereocenters. The van der Waals surface area contributed by atoms with Gasteiger partial charge in [0.2, 0.25) is 5.88 Å². The lowest BCUT2D eigenvalue weighted by molar-refractivity contribution is -0.158. The summed E-state index contributed by atoms with van der Waals surface area (Å²) in [5.41, 5.74) is 0.661. The van der Waals surface area contributed by atoms with Crippen LogP contribution >= 0.6 is 0 Å². The highest BCUT2D eigenvalue weighted by atomic mass is 16.5. The summed E-state index contributed by atoms with van der Waals surface area (Å²) in [5, 5.41) is 8.09. The topological polar surface area (TPSA) is 75.6 Å². The molecular weight excluding hydrogens is 308 g/mol. The third-order valence-electron chi connectivity index (χ3n) is 4.61. The molecule has 2 fully saturated rings. The van der Waals surface area contributed by atoms with Crippen LogP contribution in [0.4, 0.5) is 0 Å². The summed E-state index contributed by atoms with van der Waals surface area (Å²) < 4.78 is 5.39. The highest BCUT2D eigenvalue weighted by molar-refractivity contribution is 6.35. The van der Waals surface area contributed by atoms with Gasteiger partial charge in [-0.2, -0.15) is 5.10 Å².